The van der Waals surface area contributed by atoms with Gasteiger partial charge in [-0.05, 0) is 30.5 Å². The number of para-hydroxylation sites is 1. The van der Waals surface area contributed by atoms with E-state index < -0.39 is 6.10 Å². The Balaban J connectivity index is 1.57. The summed E-state index contributed by atoms with van der Waals surface area (Å²) >= 11 is 1.51. The molecule has 31 heavy (non-hydrogen) atoms. The summed E-state index contributed by atoms with van der Waals surface area (Å²) in [5, 5.41) is 11.1. The van der Waals surface area contributed by atoms with Crippen LogP contribution in [0.5, 0.6) is 5.75 Å². The monoisotopic (exact) mass is 432 g/mol. The number of aliphatic hydroxyl groups is 1. The molecule has 0 radical (unpaired) electrons. The Morgan fingerprint density at radius 3 is 2.71 bits per heavy atom. The fourth-order valence-corrected chi connectivity index (χ4v) is 4.66. The molecule has 0 amide bonds. The van der Waals surface area contributed by atoms with Gasteiger partial charge in [-0.25, -0.2) is 4.98 Å². The highest BCUT2D eigenvalue weighted by Gasteiger charge is 2.18. The van der Waals surface area contributed by atoms with Crippen LogP contribution in [-0.4, -0.2) is 27.4 Å². The van der Waals surface area contributed by atoms with Crippen LogP contribution in [-0.2, 0) is 13.0 Å². The molecule has 4 aromatic rings. The van der Waals surface area contributed by atoms with E-state index in [4.69, 9.17) is 4.74 Å². The third-order valence-electron chi connectivity index (χ3n) is 5.09. The van der Waals surface area contributed by atoms with Crippen molar-refractivity contribution in [1.82, 2.24) is 9.55 Å². The van der Waals surface area contributed by atoms with E-state index in [-0.39, 0.29) is 18.7 Å². The lowest BCUT2D eigenvalue weighted by atomic mass is 10.0. The number of aliphatic hydroxyl groups excluding tert-OH is 1. The summed E-state index contributed by atoms with van der Waals surface area (Å²) in [7, 11) is 0. The van der Waals surface area contributed by atoms with Crippen LogP contribution in [0.25, 0.3) is 21.3 Å². The Labute approximate surface area is 184 Å². The number of nitrogens with zero attached hydrogens (tertiary/aromatic N) is 2. The number of aryl methyl sites for hydroxylation is 1. The highest BCUT2D eigenvalue weighted by molar-refractivity contribution is 7.19. The molecule has 4 rings (SSSR count). The first kappa shape index (κ1) is 21.0. The molecule has 2 heterocycles. The summed E-state index contributed by atoms with van der Waals surface area (Å²) in [6.45, 7) is 5.95. The molecule has 5 nitrogen and oxygen atoms in total. The van der Waals surface area contributed by atoms with E-state index in [0.29, 0.717) is 22.4 Å². The fourth-order valence-electron chi connectivity index (χ4n) is 3.65. The van der Waals surface area contributed by atoms with Crippen LogP contribution < -0.4 is 10.3 Å². The minimum absolute atomic E-state index is 0.0762. The van der Waals surface area contributed by atoms with Crippen molar-refractivity contribution in [2.24, 2.45) is 0 Å². The summed E-state index contributed by atoms with van der Waals surface area (Å²) in [6, 6.07) is 17.5. The Morgan fingerprint density at radius 2 is 1.94 bits per heavy atom. The van der Waals surface area contributed by atoms with Gasteiger partial charge in [-0.3, -0.25) is 9.36 Å². The van der Waals surface area contributed by atoms with Gasteiger partial charge in [-0.1, -0.05) is 54.6 Å². The number of benzene rings is 2. The summed E-state index contributed by atoms with van der Waals surface area (Å²) in [5.74, 6) is 0.710. The molecule has 0 bridgehead atoms. The van der Waals surface area contributed by atoms with Crippen molar-refractivity contribution in [1.29, 1.82) is 0 Å². The molecule has 0 unspecified atom stereocenters. The lowest BCUT2D eigenvalue weighted by Gasteiger charge is -2.15. The van der Waals surface area contributed by atoms with Crippen molar-refractivity contribution in [3.63, 3.8) is 0 Å². The number of aromatic nitrogens is 2. The van der Waals surface area contributed by atoms with E-state index in [9.17, 15) is 9.90 Å². The number of thiophene rings is 1. The molecule has 6 heteroatoms. The van der Waals surface area contributed by atoms with Crippen LogP contribution in [0.4, 0.5) is 0 Å². The van der Waals surface area contributed by atoms with Gasteiger partial charge in [0, 0.05) is 10.4 Å². The molecule has 0 saturated carbocycles. The Hall–Kier alpha value is -3.22. The second-order valence-electron chi connectivity index (χ2n) is 7.35. The fraction of sp³-hybridized carbons (Fsp3) is 0.200. The van der Waals surface area contributed by atoms with Crippen LogP contribution in [0, 0.1) is 6.92 Å². The first-order valence-electron chi connectivity index (χ1n) is 10.1. The van der Waals surface area contributed by atoms with E-state index in [1.807, 2.05) is 67.6 Å². The molecule has 2 aromatic carbocycles. The van der Waals surface area contributed by atoms with Gasteiger partial charge in [-0.15, -0.1) is 17.9 Å². The maximum absolute atomic E-state index is 13.3. The van der Waals surface area contributed by atoms with Gasteiger partial charge in [0.2, 0.25) is 0 Å². The molecule has 0 spiro atoms. The molecular weight excluding hydrogens is 408 g/mol. The number of fused-ring (bicyclic) bond motifs is 1. The Bertz CT molecular complexity index is 1260. The number of ether oxygens (including phenoxy) is 1. The lowest BCUT2D eigenvalue weighted by molar-refractivity contribution is 0.0911. The molecule has 2 aromatic heterocycles. The molecule has 1 N–H and O–H groups in total. The maximum Gasteiger partial charge on any atom is 0.262 e. The second kappa shape index (κ2) is 9.29. The van der Waals surface area contributed by atoms with Crippen molar-refractivity contribution in [3.8, 4) is 16.9 Å². The van der Waals surface area contributed by atoms with E-state index in [0.717, 1.165) is 21.6 Å². The van der Waals surface area contributed by atoms with Crippen molar-refractivity contribution in [3.05, 3.63) is 94.4 Å². The molecule has 0 saturated heterocycles. The van der Waals surface area contributed by atoms with Crippen molar-refractivity contribution >= 4 is 21.6 Å². The predicted octanol–water partition coefficient (Wildman–Crippen LogP) is 4.60. The number of rotatable bonds is 8. The molecule has 158 valence electrons. The molecule has 0 fully saturated rings. The van der Waals surface area contributed by atoms with Gasteiger partial charge >= 0.3 is 0 Å². The van der Waals surface area contributed by atoms with Crippen LogP contribution in [0.1, 0.15) is 10.4 Å². The van der Waals surface area contributed by atoms with Gasteiger partial charge in [0.25, 0.3) is 5.56 Å². The van der Waals surface area contributed by atoms with Crippen LogP contribution in [0.2, 0.25) is 0 Å². The van der Waals surface area contributed by atoms with Crippen LogP contribution in [0.15, 0.2) is 78.4 Å². The molecular formula is C25H24N2O3S. The Kier molecular flexibility index (Phi) is 6.30. The first-order valence-corrected chi connectivity index (χ1v) is 10.9. The lowest BCUT2D eigenvalue weighted by Crippen LogP contribution is -2.30. The number of hydrogen-bond donors (Lipinski definition) is 1. The zero-order valence-corrected chi connectivity index (χ0v) is 18.1. The normalized spacial score (nSPS) is 12.1. The second-order valence-corrected chi connectivity index (χ2v) is 8.55. The molecule has 0 aliphatic carbocycles. The van der Waals surface area contributed by atoms with Crippen LogP contribution >= 0.6 is 11.3 Å². The number of allylic oxidation sites excluding steroid dienone is 1. The van der Waals surface area contributed by atoms with Crippen molar-refractivity contribution in [2.45, 2.75) is 26.0 Å². The SMILES string of the molecule is C=CCc1ccccc1OC[C@H](O)Cn1cnc2sc(C)c(-c3ccccc3)c2c1=O. The minimum Gasteiger partial charge on any atom is -0.491 e. The first-order chi connectivity index (χ1) is 15.1. The summed E-state index contributed by atoms with van der Waals surface area (Å²) in [6.07, 6.45) is 3.15. The number of hydrogen-bond acceptors (Lipinski definition) is 5. The molecule has 0 aliphatic heterocycles. The zero-order valence-electron chi connectivity index (χ0n) is 17.3. The van der Waals surface area contributed by atoms with E-state index >= 15 is 0 Å². The van der Waals surface area contributed by atoms with E-state index in [1.54, 1.807) is 0 Å². The molecule has 1 atom stereocenters. The largest absolute Gasteiger partial charge is 0.491 e. The van der Waals surface area contributed by atoms with Gasteiger partial charge < -0.3 is 9.84 Å². The smallest absolute Gasteiger partial charge is 0.262 e. The van der Waals surface area contributed by atoms with Crippen LogP contribution in [0.3, 0.4) is 0 Å². The Morgan fingerprint density at radius 1 is 1.19 bits per heavy atom. The van der Waals surface area contributed by atoms with Gasteiger partial charge in [0.1, 0.15) is 23.3 Å². The zero-order chi connectivity index (χ0) is 21.8. The summed E-state index contributed by atoms with van der Waals surface area (Å²) < 4.78 is 7.28. The third-order valence-corrected chi connectivity index (χ3v) is 6.11. The van der Waals surface area contributed by atoms with Gasteiger partial charge in [0.15, 0.2) is 0 Å². The van der Waals surface area contributed by atoms with E-state index in [1.165, 1.54) is 22.2 Å². The minimum atomic E-state index is -0.853. The quantitative estimate of drug-likeness (QED) is 0.413. The summed E-state index contributed by atoms with van der Waals surface area (Å²) in [4.78, 5) is 19.5. The van der Waals surface area contributed by atoms with Gasteiger partial charge in [0.05, 0.1) is 18.3 Å². The van der Waals surface area contributed by atoms with Gasteiger partial charge in [-0.2, -0.15) is 0 Å². The average molecular weight is 433 g/mol. The highest BCUT2D eigenvalue weighted by Crippen LogP contribution is 2.35. The standard InChI is InChI=1S/C25H24N2O3S/c1-3-9-18-10-7-8-13-21(18)30-15-20(28)14-27-16-26-24-23(25(27)29)22(17(2)31-24)19-11-5-4-6-12-19/h3-8,10-13,16,20,28H,1,9,14-15H2,2H3/t20-/m1/s1. The van der Waals surface area contributed by atoms with Crippen molar-refractivity contribution < 1.29 is 9.84 Å². The summed E-state index contributed by atoms with van der Waals surface area (Å²) in [5.41, 5.74) is 2.76. The topological polar surface area (TPSA) is 64.3 Å². The average Bonchev–Trinajstić information content (AvgIpc) is 3.12. The molecule has 0 aliphatic rings. The third kappa shape index (κ3) is 4.45. The maximum atomic E-state index is 13.3. The van der Waals surface area contributed by atoms with Crippen molar-refractivity contribution in [2.75, 3.05) is 6.61 Å². The highest BCUT2D eigenvalue weighted by atomic mass is 32.1. The predicted molar refractivity (Wildman–Crippen MR) is 126 cm³/mol. The van der Waals surface area contributed by atoms with E-state index in [2.05, 4.69) is 11.6 Å².